The fourth-order valence-electron chi connectivity index (χ4n) is 2.08. The molecule has 5 nitrogen and oxygen atoms in total. The van der Waals surface area contributed by atoms with E-state index in [0.29, 0.717) is 11.7 Å². The summed E-state index contributed by atoms with van der Waals surface area (Å²) >= 11 is 0. The lowest BCUT2D eigenvalue weighted by Gasteiger charge is -2.13. The number of hydrogen-bond acceptors (Lipinski definition) is 4. The SMILES string of the molecule is O=[N+]([O-])c1cc(O)ccc1NC1CCCC1. The first-order valence-electron chi connectivity index (χ1n) is 5.41. The van der Waals surface area contributed by atoms with Crippen molar-refractivity contribution in [2.24, 2.45) is 0 Å². The Morgan fingerprint density at radius 1 is 1.38 bits per heavy atom. The first-order chi connectivity index (χ1) is 7.66. The summed E-state index contributed by atoms with van der Waals surface area (Å²) in [6, 6.07) is 4.52. The highest BCUT2D eigenvalue weighted by molar-refractivity contribution is 5.64. The van der Waals surface area contributed by atoms with Gasteiger partial charge in [-0.3, -0.25) is 10.1 Å². The van der Waals surface area contributed by atoms with Crippen molar-refractivity contribution in [1.29, 1.82) is 0 Å². The topological polar surface area (TPSA) is 75.4 Å². The molecule has 0 radical (unpaired) electrons. The third-order valence-electron chi connectivity index (χ3n) is 2.89. The van der Waals surface area contributed by atoms with Crippen LogP contribution in [0.5, 0.6) is 5.75 Å². The summed E-state index contributed by atoms with van der Waals surface area (Å²) in [5.41, 5.74) is 0.432. The highest BCUT2D eigenvalue weighted by atomic mass is 16.6. The van der Waals surface area contributed by atoms with Crippen LogP contribution < -0.4 is 5.32 Å². The normalized spacial score (nSPS) is 16.2. The Balaban J connectivity index is 2.21. The summed E-state index contributed by atoms with van der Waals surface area (Å²) in [6.07, 6.45) is 4.45. The van der Waals surface area contributed by atoms with Crippen LogP contribution in [0.1, 0.15) is 25.7 Å². The van der Waals surface area contributed by atoms with Gasteiger partial charge in [0, 0.05) is 6.04 Å². The van der Waals surface area contributed by atoms with Crippen molar-refractivity contribution in [2.45, 2.75) is 31.7 Å². The number of hydrogen-bond donors (Lipinski definition) is 2. The maximum atomic E-state index is 10.8. The van der Waals surface area contributed by atoms with Crippen LogP contribution in [0.15, 0.2) is 18.2 Å². The zero-order chi connectivity index (χ0) is 11.5. The van der Waals surface area contributed by atoms with Crippen LogP contribution in [0.3, 0.4) is 0 Å². The van der Waals surface area contributed by atoms with Gasteiger partial charge in [-0.05, 0) is 25.0 Å². The van der Waals surface area contributed by atoms with Gasteiger partial charge in [-0.25, -0.2) is 0 Å². The molecule has 2 N–H and O–H groups in total. The van der Waals surface area contributed by atoms with Crippen molar-refractivity contribution >= 4 is 11.4 Å². The van der Waals surface area contributed by atoms with E-state index in [2.05, 4.69) is 5.32 Å². The second kappa shape index (κ2) is 4.38. The van der Waals surface area contributed by atoms with E-state index in [4.69, 9.17) is 0 Å². The number of aromatic hydroxyl groups is 1. The van der Waals surface area contributed by atoms with Gasteiger partial charge in [0.1, 0.15) is 11.4 Å². The van der Waals surface area contributed by atoms with Gasteiger partial charge in [-0.15, -0.1) is 0 Å². The fourth-order valence-corrected chi connectivity index (χ4v) is 2.08. The predicted molar refractivity (Wildman–Crippen MR) is 60.6 cm³/mol. The Labute approximate surface area is 93.2 Å². The predicted octanol–water partition coefficient (Wildman–Crippen LogP) is 2.65. The molecule has 0 atom stereocenters. The molecule has 1 aliphatic carbocycles. The molecule has 0 saturated heterocycles. The number of benzene rings is 1. The van der Waals surface area contributed by atoms with Crippen molar-refractivity contribution in [2.75, 3.05) is 5.32 Å². The molecule has 0 aliphatic heterocycles. The second-order valence-electron chi connectivity index (χ2n) is 4.08. The van der Waals surface area contributed by atoms with Crippen molar-refractivity contribution in [3.05, 3.63) is 28.3 Å². The van der Waals surface area contributed by atoms with Crippen LogP contribution in [0.4, 0.5) is 11.4 Å². The number of nitro groups is 1. The molecule has 0 spiro atoms. The molecule has 1 aromatic carbocycles. The molecule has 0 heterocycles. The van der Waals surface area contributed by atoms with Crippen LogP contribution >= 0.6 is 0 Å². The number of nitro benzene ring substituents is 1. The summed E-state index contributed by atoms with van der Waals surface area (Å²) in [7, 11) is 0. The number of rotatable bonds is 3. The van der Waals surface area contributed by atoms with Gasteiger partial charge >= 0.3 is 0 Å². The maximum absolute atomic E-state index is 10.8. The molecule has 2 rings (SSSR count). The van der Waals surface area contributed by atoms with Gasteiger partial charge in [0.2, 0.25) is 0 Å². The zero-order valence-electron chi connectivity index (χ0n) is 8.85. The van der Waals surface area contributed by atoms with Crippen molar-refractivity contribution in [3.8, 4) is 5.75 Å². The first kappa shape index (κ1) is 10.7. The number of anilines is 1. The quantitative estimate of drug-likeness (QED) is 0.468. The van der Waals surface area contributed by atoms with Gasteiger partial charge in [-0.2, -0.15) is 0 Å². The fraction of sp³-hybridized carbons (Fsp3) is 0.455. The minimum atomic E-state index is -0.475. The minimum Gasteiger partial charge on any atom is -0.508 e. The van der Waals surface area contributed by atoms with Crippen LogP contribution in [0, 0.1) is 10.1 Å². The standard InChI is InChI=1S/C11H14N2O3/c14-9-5-6-10(11(7-9)13(15)16)12-8-3-1-2-4-8/h5-8,12,14H,1-4H2. The van der Waals surface area contributed by atoms with E-state index in [0.717, 1.165) is 12.8 Å². The molecule has 0 bridgehead atoms. The third-order valence-corrected chi connectivity index (χ3v) is 2.89. The molecule has 1 aliphatic rings. The van der Waals surface area contributed by atoms with Gasteiger partial charge in [0.05, 0.1) is 11.0 Å². The molecular weight excluding hydrogens is 208 g/mol. The van der Waals surface area contributed by atoms with Crippen LogP contribution in [0.2, 0.25) is 0 Å². The molecule has 16 heavy (non-hydrogen) atoms. The Hall–Kier alpha value is -1.78. The molecule has 1 fully saturated rings. The van der Waals surface area contributed by atoms with Crippen molar-refractivity contribution in [3.63, 3.8) is 0 Å². The van der Waals surface area contributed by atoms with Crippen LogP contribution in [-0.4, -0.2) is 16.1 Å². The molecule has 0 unspecified atom stereocenters. The average molecular weight is 222 g/mol. The van der Waals surface area contributed by atoms with E-state index >= 15 is 0 Å². The third kappa shape index (κ3) is 2.24. The Kier molecular flexibility index (Phi) is 2.94. The molecule has 86 valence electrons. The van der Waals surface area contributed by atoms with E-state index in [1.807, 2.05) is 0 Å². The second-order valence-corrected chi connectivity index (χ2v) is 4.08. The number of nitrogens with zero attached hydrogens (tertiary/aromatic N) is 1. The summed E-state index contributed by atoms with van der Waals surface area (Å²) < 4.78 is 0. The monoisotopic (exact) mass is 222 g/mol. The Bertz CT molecular complexity index is 400. The lowest BCUT2D eigenvalue weighted by atomic mass is 10.2. The maximum Gasteiger partial charge on any atom is 0.296 e. The summed E-state index contributed by atoms with van der Waals surface area (Å²) in [5, 5.41) is 23.2. The number of nitrogens with one attached hydrogen (secondary N) is 1. The minimum absolute atomic E-state index is 0.0631. The first-order valence-corrected chi connectivity index (χ1v) is 5.41. The largest absolute Gasteiger partial charge is 0.508 e. The zero-order valence-corrected chi connectivity index (χ0v) is 8.85. The van der Waals surface area contributed by atoms with Crippen LogP contribution in [-0.2, 0) is 0 Å². The average Bonchev–Trinajstić information content (AvgIpc) is 2.73. The van der Waals surface area contributed by atoms with E-state index in [-0.39, 0.29) is 11.4 Å². The van der Waals surface area contributed by atoms with Gasteiger partial charge in [0.25, 0.3) is 5.69 Å². The van der Waals surface area contributed by atoms with E-state index in [9.17, 15) is 15.2 Å². The summed E-state index contributed by atoms with van der Waals surface area (Å²) in [6.45, 7) is 0. The lowest BCUT2D eigenvalue weighted by molar-refractivity contribution is -0.384. The number of phenols is 1. The Morgan fingerprint density at radius 3 is 2.69 bits per heavy atom. The van der Waals surface area contributed by atoms with E-state index in [1.165, 1.54) is 25.0 Å². The van der Waals surface area contributed by atoms with Crippen molar-refractivity contribution in [1.82, 2.24) is 0 Å². The highest BCUT2D eigenvalue weighted by Gasteiger charge is 2.20. The van der Waals surface area contributed by atoms with Crippen LogP contribution in [0.25, 0.3) is 0 Å². The molecular formula is C11H14N2O3. The summed E-state index contributed by atoms with van der Waals surface area (Å²) in [4.78, 5) is 10.3. The van der Waals surface area contributed by atoms with Crippen molar-refractivity contribution < 1.29 is 10.0 Å². The molecule has 0 amide bonds. The highest BCUT2D eigenvalue weighted by Crippen LogP contribution is 2.31. The summed E-state index contributed by atoms with van der Waals surface area (Å²) in [5.74, 6) is -0.0799. The van der Waals surface area contributed by atoms with Gasteiger partial charge in [0.15, 0.2) is 0 Å². The smallest absolute Gasteiger partial charge is 0.296 e. The van der Waals surface area contributed by atoms with Gasteiger partial charge in [-0.1, -0.05) is 12.8 Å². The van der Waals surface area contributed by atoms with E-state index < -0.39 is 4.92 Å². The lowest BCUT2D eigenvalue weighted by Crippen LogP contribution is -2.15. The molecule has 5 heteroatoms. The number of phenolic OH excluding ortho intramolecular Hbond substituents is 1. The van der Waals surface area contributed by atoms with E-state index in [1.54, 1.807) is 6.07 Å². The molecule has 1 aromatic rings. The molecule has 0 aromatic heterocycles. The Morgan fingerprint density at radius 2 is 2.06 bits per heavy atom. The van der Waals surface area contributed by atoms with Gasteiger partial charge < -0.3 is 10.4 Å². The molecule has 1 saturated carbocycles.